The maximum absolute atomic E-state index is 12.4. The molecule has 2 atom stereocenters. The van der Waals surface area contributed by atoms with E-state index in [-0.39, 0.29) is 23.8 Å². The van der Waals surface area contributed by atoms with Gasteiger partial charge in [0.05, 0.1) is 6.26 Å². The Hall–Kier alpha value is -2.76. The first kappa shape index (κ1) is 14.8. The van der Waals surface area contributed by atoms with Crippen molar-refractivity contribution in [1.82, 2.24) is 5.32 Å². The monoisotopic (exact) mass is 325 g/mol. The molecule has 6 nitrogen and oxygen atoms in total. The molecule has 0 radical (unpaired) electrons. The van der Waals surface area contributed by atoms with Crippen molar-refractivity contribution in [2.75, 3.05) is 23.3 Å². The number of rotatable bonds is 4. The fraction of sp³-hybridized carbons (Fsp3) is 0.333. The number of furan rings is 1. The van der Waals surface area contributed by atoms with Crippen molar-refractivity contribution in [2.24, 2.45) is 5.92 Å². The minimum absolute atomic E-state index is 0.00311. The molecular weight excluding hydrogens is 306 g/mol. The Morgan fingerprint density at radius 2 is 2.21 bits per heavy atom. The van der Waals surface area contributed by atoms with Crippen LogP contribution in [0.4, 0.5) is 16.2 Å². The molecule has 0 spiro atoms. The van der Waals surface area contributed by atoms with E-state index in [2.05, 4.69) is 10.6 Å². The SMILES string of the molecule is O=C(Nc1cccc(N2CCCNC2=O)c1)[C@H]1C[C@H]1c1ccco1. The molecule has 2 aromatic rings. The molecule has 2 aliphatic rings. The summed E-state index contributed by atoms with van der Waals surface area (Å²) in [4.78, 5) is 26.0. The lowest BCUT2D eigenvalue weighted by Gasteiger charge is -2.27. The maximum Gasteiger partial charge on any atom is 0.321 e. The highest BCUT2D eigenvalue weighted by atomic mass is 16.3. The van der Waals surface area contributed by atoms with Crippen LogP contribution in [0.3, 0.4) is 0 Å². The number of nitrogens with zero attached hydrogens (tertiary/aromatic N) is 1. The van der Waals surface area contributed by atoms with Crippen molar-refractivity contribution < 1.29 is 14.0 Å². The van der Waals surface area contributed by atoms with Gasteiger partial charge in [-0.05, 0) is 43.2 Å². The van der Waals surface area contributed by atoms with Crippen LogP contribution in [0.2, 0.25) is 0 Å². The van der Waals surface area contributed by atoms with Gasteiger partial charge in [0.1, 0.15) is 5.76 Å². The molecule has 4 rings (SSSR count). The average Bonchev–Trinajstić information content (AvgIpc) is 3.21. The Morgan fingerprint density at radius 1 is 1.29 bits per heavy atom. The molecule has 1 saturated carbocycles. The summed E-state index contributed by atoms with van der Waals surface area (Å²) in [5.41, 5.74) is 1.50. The standard InChI is InChI=1S/C18H19N3O3/c22-17(15-11-14(15)16-6-2-9-24-16)20-12-4-1-5-13(10-12)21-8-3-7-19-18(21)23/h1-2,4-6,9-10,14-15H,3,7-8,11H2,(H,19,23)(H,20,22)/t14-,15+/m1/s1. The van der Waals surface area contributed by atoms with Gasteiger partial charge in [0.15, 0.2) is 0 Å². The Kier molecular flexibility index (Phi) is 3.72. The van der Waals surface area contributed by atoms with Crippen molar-refractivity contribution in [2.45, 2.75) is 18.8 Å². The highest BCUT2D eigenvalue weighted by Crippen LogP contribution is 2.48. The van der Waals surface area contributed by atoms with Gasteiger partial charge in [-0.2, -0.15) is 0 Å². The Labute approximate surface area is 139 Å². The van der Waals surface area contributed by atoms with Crippen LogP contribution in [0.15, 0.2) is 47.1 Å². The topological polar surface area (TPSA) is 74.6 Å². The van der Waals surface area contributed by atoms with Crippen LogP contribution < -0.4 is 15.5 Å². The zero-order chi connectivity index (χ0) is 16.5. The second kappa shape index (κ2) is 6.03. The third kappa shape index (κ3) is 2.87. The van der Waals surface area contributed by atoms with Gasteiger partial charge in [0, 0.05) is 36.3 Å². The first-order chi connectivity index (χ1) is 11.7. The first-order valence-corrected chi connectivity index (χ1v) is 8.22. The summed E-state index contributed by atoms with van der Waals surface area (Å²) >= 11 is 0. The molecule has 1 aromatic heterocycles. The number of hydrogen-bond donors (Lipinski definition) is 2. The highest BCUT2D eigenvalue weighted by Gasteiger charge is 2.45. The fourth-order valence-electron chi connectivity index (χ4n) is 3.16. The van der Waals surface area contributed by atoms with Gasteiger partial charge in [-0.25, -0.2) is 4.79 Å². The van der Waals surface area contributed by atoms with Crippen molar-refractivity contribution >= 4 is 23.3 Å². The summed E-state index contributed by atoms with van der Waals surface area (Å²) in [5, 5.41) is 5.78. The van der Waals surface area contributed by atoms with Gasteiger partial charge < -0.3 is 15.1 Å². The Bertz CT molecular complexity index is 757. The quantitative estimate of drug-likeness (QED) is 0.907. The zero-order valence-electron chi connectivity index (χ0n) is 13.2. The number of carbonyl (C=O) groups excluding carboxylic acids is 2. The van der Waals surface area contributed by atoms with E-state index in [1.807, 2.05) is 36.4 Å². The number of carbonyl (C=O) groups is 2. The molecule has 0 bridgehead atoms. The molecule has 2 N–H and O–H groups in total. The summed E-state index contributed by atoms with van der Waals surface area (Å²) in [6.45, 7) is 1.40. The lowest BCUT2D eigenvalue weighted by Crippen LogP contribution is -2.46. The average molecular weight is 325 g/mol. The van der Waals surface area contributed by atoms with Crippen molar-refractivity contribution in [3.8, 4) is 0 Å². The van der Waals surface area contributed by atoms with E-state index < -0.39 is 0 Å². The van der Waals surface area contributed by atoms with Crippen LogP contribution in [0.1, 0.15) is 24.5 Å². The fourth-order valence-corrected chi connectivity index (χ4v) is 3.16. The van der Waals surface area contributed by atoms with Crippen LogP contribution in [0.25, 0.3) is 0 Å². The van der Waals surface area contributed by atoms with Crippen LogP contribution in [-0.2, 0) is 4.79 Å². The molecule has 24 heavy (non-hydrogen) atoms. The van der Waals surface area contributed by atoms with Gasteiger partial charge >= 0.3 is 6.03 Å². The molecule has 1 saturated heterocycles. The third-order valence-corrected chi connectivity index (χ3v) is 4.54. The minimum atomic E-state index is -0.0928. The summed E-state index contributed by atoms with van der Waals surface area (Å²) in [6.07, 6.45) is 3.36. The predicted molar refractivity (Wildman–Crippen MR) is 90.0 cm³/mol. The molecule has 3 amide bonds. The number of amides is 3. The summed E-state index contributed by atoms with van der Waals surface area (Å²) < 4.78 is 5.37. The van der Waals surface area contributed by atoms with Crippen molar-refractivity contribution in [3.05, 3.63) is 48.4 Å². The molecule has 2 fully saturated rings. The predicted octanol–water partition coefficient (Wildman–Crippen LogP) is 2.94. The van der Waals surface area contributed by atoms with E-state index in [1.165, 1.54) is 0 Å². The van der Waals surface area contributed by atoms with Gasteiger partial charge in [-0.1, -0.05) is 6.07 Å². The number of anilines is 2. The number of benzene rings is 1. The molecule has 0 unspecified atom stereocenters. The highest BCUT2D eigenvalue weighted by molar-refractivity contribution is 5.97. The molecule has 1 aromatic carbocycles. The maximum atomic E-state index is 12.4. The van der Waals surface area contributed by atoms with E-state index in [1.54, 1.807) is 11.2 Å². The Balaban J connectivity index is 1.43. The van der Waals surface area contributed by atoms with Crippen molar-refractivity contribution in [3.63, 3.8) is 0 Å². The van der Waals surface area contributed by atoms with E-state index in [0.29, 0.717) is 18.8 Å². The van der Waals surface area contributed by atoms with E-state index >= 15 is 0 Å². The zero-order valence-corrected chi connectivity index (χ0v) is 13.2. The summed E-state index contributed by atoms with van der Waals surface area (Å²) in [6, 6.07) is 11.1. The molecule has 6 heteroatoms. The van der Waals surface area contributed by atoms with Crippen molar-refractivity contribution in [1.29, 1.82) is 0 Å². The molecule has 2 heterocycles. The molecular formula is C18H19N3O3. The van der Waals surface area contributed by atoms with E-state index in [9.17, 15) is 9.59 Å². The van der Waals surface area contributed by atoms with Gasteiger partial charge in [-0.15, -0.1) is 0 Å². The number of urea groups is 1. The second-order valence-electron chi connectivity index (χ2n) is 6.24. The minimum Gasteiger partial charge on any atom is -0.469 e. The van der Waals surface area contributed by atoms with Crippen LogP contribution >= 0.6 is 0 Å². The smallest absolute Gasteiger partial charge is 0.321 e. The van der Waals surface area contributed by atoms with E-state index in [4.69, 9.17) is 4.42 Å². The second-order valence-corrected chi connectivity index (χ2v) is 6.24. The largest absolute Gasteiger partial charge is 0.469 e. The van der Waals surface area contributed by atoms with Crippen LogP contribution in [-0.4, -0.2) is 25.0 Å². The summed E-state index contributed by atoms with van der Waals surface area (Å²) in [7, 11) is 0. The molecule has 124 valence electrons. The normalized spacial score (nSPS) is 22.8. The Morgan fingerprint density at radius 3 is 3.00 bits per heavy atom. The third-order valence-electron chi connectivity index (χ3n) is 4.54. The lowest BCUT2D eigenvalue weighted by atomic mass is 10.2. The lowest BCUT2D eigenvalue weighted by molar-refractivity contribution is -0.117. The van der Waals surface area contributed by atoms with Gasteiger partial charge in [0.2, 0.25) is 5.91 Å². The number of nitrogens with one attached hydrogen (secondary N) is 2. The van der Waals surface area contributed by atoms with Crippen LogP contribution in [0.5, 0.6) is 0 Å². The molecule has 1 aliphatic heterocycles. The van der Waals surface area contributed by atoms with Gasteiger partial charge in [-0.3, -0.25) is 9.69 Å². The van der Waals surface area contributed by atoms with E-state index in [0.717, 1.165) is 24.3 Å². The first-order valence-electron chi connectivity index (χ1n) is 8.22. The summed E-state index contributed by atoms with van der Waals surface area (Å²) in [5.74, 6) is 1.000. The molecule has 1 aliphatic carbocycles. The number of hydrogen-bond acceptors (Lipinski definition) is 3. The van der Waals surface area contributed by atoms with Gasteiger partial charge in [0.25, 0.3) is 0 Å². The van der Waals surface area contributed by atoms with Crippen LogP contribution in [0, 0.1) is 5.92 Å².